The molecule has 0 saturated carbocycles. The number of nitrogens with one attached hydrogen (secondary N) is 2. The Morgan fingerprint density at radius 1 is 1.39 bits per heavy atom. The van der Waals surface area contributed by atoms with Crippen LogP contribution >= 0.6 is 12.2 Å². The lowest BCUT2D eigenvalue weighted by Crippen LogP contribution is -2.36. The molecule has 0 aliphatic heterocycles. The van der Waals surface area contributed by atoms with E-state index in [0.29, 0.717) is 16.3 Å². The number of benzene rings is 1. The minimum absolute atomic E-state index is 0.140. The highest BCUT2D eigenvalue weighted by molar-refractivity contribution is 7.71. The Hall–Kier alpha value is -2.22. The number of aromatic nitrogens is 3. The fraction of sp³-hybridized carbons (Fsp3) is 0.400. The summed E-state index contributed by atoms with van der Waals surface area (Å²) in [6.07, 6.45) is -0.713. The summed E-state index contributed by atoms with van der Waals surface area (Å²) in [5.74, 6) is 0.427. The predicted molar refractivity (Wildman–Crippen MR) is 86.1 cm³/mol. The maximum absolute atomic E-state index is 12.8. The van der Waals surface area contributed by atoms with Crippen LogP contribution in [0.5, 0.6) is 5.75 Å². The summed E-state index contributed by atoms with van der Waals surface area (Å²) in [7, 11) is 0. The molecule has 0 saturated heterocycles. The maximum Gasteiger partial charge on any atom is 0.261 e. The van der Waals surface area contributed by atoms with Crippen LogP contribution in [0.1, 0.15) is 32.6 Å². The maximum atomic E-state index is 12.8. The number of carbonyl (C=O) groups is 1. The van der Waals surface area contributed by atoms with Gasteiger partial charge in [-0.15, -0.1) is 0 Å². The smallest absolute Gasteiger partial charge is 0.261 e. The average Bonchev–Trinajstić information content (AvgIpc) is 2.88. The van der Waals surface area contributed by atoms with Crippen molar-refractivity contribution < 1.29 is 13.9 Å². The van der Waals surface area contributed by atoms with Gasteiger partial charge >= 0.3 is 0 Å². The largest absolute Gasteiger partial charge is 0.481 e. The Labute approximate surface area is 138 Å². The third-order valence-electron chi connectivity index (χ3n) is 3.21. The van der Waals surface area contributed by atoms with Crippen molar-refractivity contribution in [2.45, 2.75) is 39.5 Å². The van der Waals surface area contributed by atoms with Gasteiger partial charge in [0.05, 0.1) is 6.54 Å². The first-order chi connectivity index (χ1) is 10.9. The molecule has 2 rings (SSSR count). The third kappa shape index (κ3) is 4.38. The van der Waals surface area contributed by atoms with Crippen molar-refractivity contribution in [3.8, 4) is 5.75 Å². The Kier molecular flexibility index (Phi) is 5.49. The van der Waals surface area contributed by atoms with Crippen LogP contribution in [0.4, 0.5) is 4.39 Å². The van der Waals surface area contributed by atoms with E-state index in [2.05, 4.69) is 15.5 Å². The van der Waals surface area contributed by atoms with E-state index in [4.69, 9.17) is 17.0 Å². The van der Waals surface area contributed by atoms with Crippen molar-refractivity contribution >= 4 is 18.1 Å². The molecule has 2 N–H and O–H groups in total. The molecule has 1 aromatic carbocycles. The molecule has 124 valence electrons. The summed E-state index contributed by atoms with van der Waals surface area (Å²) >= 11 is 5.15. The molecular formula is C15H19FN4O2S. The molecule has 1 heterocycles. The van der Waals surface area contributed by atoms with E-state index in [1.54, 1.807) is 6.92 Å². The standard InChI is InChI=1S/C15H19FN4O2S/c1-9(2)20-13(18-19-15(20)23)8-17-14(21)10(3)22-12-6-4-11(16)5-7-12/h4-7,9-10H,8H2,1-3H3,(H,17,21)(H,19,23). The minimum Gasteiger partial charge on any atom is -0.481 e. The molecule has 6 nitrogen and oxygen atoms in total. The molecule has 0 radical (unpaired) electrons. The van der Waals surface area contributed by atoms with Gasteiger partial charge in [-0.2, -0.15) is 5.10 Å². The highest BCUT2D eigenvalue weighted by Crippen LogP contribution is 2.13. The number of hydrogen-bond acceptors (Lipinski definition) is 4. The van der Waals surface area contributed by atoms with Crippen molar-refractivity contribution in [3.63, 3.8) is 0 Å². The molecule has 2 aromatic rings. The SMILES string of the molecule is CC(Oc1ccc(F)cc1)C(=O)NCc1n[nH]c(=S)n1C(C)C. The molecule has 8 heteroatoms. The van der Waals surface area contributed by atoms with E-state index >= 15 is 0 Å². The number of amides is 1. The summed E-state index contributed by atoms with van der Waals surface area (Å²) in [4.78, 5) is 12.1. The lowest BCUT2D eigenvalue weighted by Gasteiger charge is -2.15. The van der Waals surface area contributed by atoms with Gasteiger partial charge in [0.25, 0.3) is 5.91 Å². The number of rotatable bonds is 6. The molecule has 0 aliphatic carbocycles. The molecule has 1 unspecified atom stereocenters. The van der Waals surface area contributed by atoms with Crippen LogP contribution in [0, 0.1) is 10.6 Å². The average molecular weight is 338 g/mol. The second kappa shape index (κ2) is 7.36. The Bertz CT molecular complexity index is 724. The van der Waals surface area contributed by atoms with Crippen molar-refractivity contribution in [1.82, 2.24) is 20.1 Å². The number of halogens is 1. The van der Waals surface area contributed by atoms with Crippen molar-refractivity contribution in [2.75, 3.05) is 0 Å². The summed E-state index contributed by atoms with van der Waals surface area (Å²) in [5, 5.41) is 9.58. The molecule has 0 aliphatic rings. The van der Waals surface area contributed by atoms with E-state index in [9.17, 15) is 9.18 Å². The van der Waals surface area contributed by atoms with Crippen LogP contribution in [0.3, 0.4) is 0 Å². The fourth-order valence-electron chi connectivity index (χ4n) is 2.08. The summed E-state index contributed by atoms with van der Waals surface area (Å²) in [6.45, 7) is 5.83. The van der Waals surface area contributed by atoms with Crippen LogP contribution in [0.15, 0.2) is 24.3 Å². The third-order valence-corrected chi connectivity index (χ3v) is 3.50. The number of carbonyl (C=O) groups excluding carboxylic acids is 1. The number of hydrogen-bond donors (Lipinski definition) is 2. The van der Waals surface area contributed by atoms with Gasteiger partial charge in [0.2, 0.25) is 0 Å². The number of ether oxygens (including phenoxy) is 1. The summed E-state index contributed by atoms with van der Waals surface area (Å²) < 4.78 is 20.7. The quantitative estimate of drug-likeness (QED) is 0.795. The summed E-state index contributed by atoms with van der Waals surface area (Å²) in [5.41, 5.74) is 0. The van der Waals surface area contributed by atoms with Crippen LogP contribution < -0.4 is 10.1 Å². The van der Waals surface area contributed by atoms with Crippen molar-refractivity contribution in [2.24, 2.45) is 0 Å². The first-order valence-corrected chi connectivity index (χ1v) is 7.65. The summed E-state index contributed by atoms with van der Waals surface area (Å²) in [6, 6.07) is 5.65. The zero-order valence-corrected chi connectivity index (χ0v) is 14.0. The first kappa shape index (κ1) is 17.1. The molecular weight excluding hydrogens is 319 g/mol. The molecule has 1 amide bonds. The number of nitrogens with zero attached hydrogens (tertiary/aromatic N) is 2. The van der Waals surface area contributed by atoms with Gasteiger partial charge in [-0.25, -0.2) is 4.39 Å². The van der Waals surface area contributed by atoms with Crippen molar-refractivity contribution in [3.05, 3.63) is 40.7 Å². The van der Waals surface area contributed by atoms with Crippen LogP contribution in [-0.4, -0.2) is 26.8 Å². The first-order valence-electron chi connectivity index (χ1n) is 7.24. The number of aromatic amines is 1. The molecule has 23 heavy (non-hydrogen) atoms. The second-order valence-electron chi connectivity index (χ2n) is 5.34. The Morgan fingerprint density at radius 3 is 2.65 bits per heavy atom. The van der Waals surface area contributed by atoms with E-state index < -0.39 is 6.10 Å². The van der Waals surface area contributed by atoms with Gasteiger partial charge in [-0.1, -0.05) is 0 Å². The van der Waals surface area contributed by atoms with Crippen LogP contribution in [0.25, 0.3) is 0 Å². The zero-order valence-electron chi connectivity index (χ0n) is 13.2. The molecule has 0 bridgehead atoms. The zero-order chi connectivity index (χ0) is 17.0. The highest BCUT2D eigenvalue weighted by Gasteiger charge is 2.16. The molecule has 0 fully saturated rings. The van der Waals surface area contributed by atoms with Gasteiger partial charge in [0.15, 0.2) is 16.7 Å². The molecule has 0 spiro atoms. The topological polar surface area (TPSA) is 71.9 Å². The second-order valence-corrected chi connectivity index (χ2v) is 5.73. The van der Waals surface area contributed by atoms with E-state index in [0.717, 1.165) is 0 Å². The lowest BCUT2D eigenvalue weighted by molar-refractivity contribution is -0.127. The van der Waals surface area contributed by atoms with E-state index in [-0.39, 0.29) is 24.3 Å². The van der Waals surface area contributed by atoms with Gasteiger partial charge < -0.3 is 14.6 Å². The molecule has 1 aromatic heterocycles. The van der Waals surface area contributed by atoms with Crippen LogP contribution in [0.2, 0.25) is 0 Å². The van der Waals surface area contributed by atoms with Gasteiger partial charge in [0.1, 0.15) is 11.6 Å². The Morgan fingerprint density at radius 2 is 2.04 bits per heavy atom. The minimum atomic E-state index is -0.713. The van der Waals surface area contributed by atoms with Gasteiger partial charge in [-0.3, -0.25) is 9.89 Å². The van der Waals surface area contributed by atoms with Gasteiger partial charge in [-0.05, 0) is 57.3 Å². The van der Waals surface area contributed by atoms with E-state index in [1.807, 2.05) is 18.4 Å². The monoisotopic (exact) mass is 338 g/mol. The number of H-pyrrole nitrogens is 1. The fourth-order valence-corrected chi connectivity index (χ4v) is 2.44. The van der Waals surface area contributed by atoms with E-state index in [1.165, 1.54) is 24.3 Å². The highest BCUT2D eigenvalue weighted by atomic mass is 32.1. The van der Waals surface area contributed by atoms with Crippen molar-refractivity contribution in [1.29, 1.82) is 0 Å². The van der Waals surface area contributed by atoms with Gasteiger partial charge in [0, 0.05) is 6.04 Å². The molecule has 1 atom stereocenters. The predicted octanol–water partition coefficient (Wildman–Crippen LogP) is 2.74. The Balaban J connectivity index is 1.94. The van der Waals surface area contributed by atoms with Crippen LogP contribution in [-0.2, 0) is 11.3 Å². The lowest BCUT2D eigenvalue weighted by atomic mass is 10.3. The normalized spacial score (nSPS) is 12.2.